The van der Waals surface area contributed by atoms with Crippen LogP contribution in [0, 0.1) is 0 Å². The number of amides is 1. The van der Waals surface area contributed by atoms with Crippen LogP contribution in [0.25, 0.3) is 0 Å². The SMILES string of the molecule is Nc1cccc(NC(=O)CN2CCCN3CCCC3C2)c1. The van der Waals surface area contributed by atoms with Crippen LogP contribution in [-0.2, 0) is 4.79 Å². The number of rotatable bonds is 3. The van der Waals surface area contributed by atoms with Crippen molar-refractivity contribution in [1.29, 1.82) is 0 Å². The number of carbonyl (C=O) groups excluding carboxylic acids is 1. The summed E-state index contributed by atoms with van der Waals surface area (Å²) >= 11 is 0. The Kier molecular flexibility index (Phi) is 4.41. The van der Waals surface area contributed by atoms with E-state index in [2.05, 4.69) is 15.1 Å². The number of nitrogen functional groups attached to an aromatic ring is 1. The van der Waals surface area contributed by atoms with Gasteiger partial charge in [0, 0.05) is 24.0 Å². The minimum atomic E-state index is 0.0482. The molecular formula is C16H24N4O. The van der Waals surface area contributed by atoms with E-state index < -0.39 is 0 Å². The average Bonchev–Trinajstić information content (AvgIpc) is 2.78. The van der Waals surface area contributed by atoms with Crippen molar-refractivity contribution in [2.75, 3.05) is 43.8 Å². The van der Waals surface area contributed by atoms with Crippen molar-refractivity contribution < 1.29 is 4.79 Å². The standard InChI is InChI=1S/C16H24N4O/c17-13-4-1-5-14(10-13)18-16(21)12-19-7-3-9-20-8-2-6-15(20)11-19/h1,4-5,10,15H,2-3,6-9,11-12,17H2,(H,18,21). The molecule has 21 heavy (non-hydrogen) atoms. The van der Waals surface area contributed by atoms with Crippen LogP contribution in [0.2, 0.25) is 0 Å². The predicted octanol–water partition coefficient (Wildman–Crippen LogP) is 1.38. The molecule has 2 heterocycles. The van der Waals surface area contributed by atoms with Gasteiger partial charge in [-0.15, -0.1) is 0 Å². The van der Waals surface area contributed by atoms with Crippen LogP contribution in [0.1, 0.15) is 19.3 Å². The van der Waals surface area contributed by atoms with E-state index in [9.17, 15) is 4.79 Å². The minimum Gasteiger partial charge on any atom is -0.399 e. The number of nitrogens with one attached hydrogen (secondary N) is 1. The van der Waals surface area contributed by atoms with Crippen molar-refractivity contribution in [3.63, 3.8) is 0 Å². The zero-order valence-electron chi connectivity index (χ0n) is 12.4. The van der Waals surface area contributed by atoms with E-state index in [0.29, 0.717) is 18.3 Å². The van der Waals surface area contributed by atoms with E-state index in [1.54, 1.807) is 6.07 Å². The Morgan fingerprint density at radius 3 is 3.00 bits per heavy atom. The Morgan fingerprint density at radius 1 is 1.29 bits per heavy atom. The largest absolute Gasteiger partial charge is 0.399 e. The first-order valence-electron chi connectivity index (χ1n) is 7.82. The summed E-state index contributed by atoms with van der Waals surface area (Å²) in [5.74, 6) is 0.0482. The van der Waals surface area contributed by atoms with Crippen LogP contribution in [0.4, 0.5) is 11.4 Å². The molecule has 2 aliphatic rings. The fourth-order valence-electron chi connectivity index (χ4n) is 3.45. The number of carbonyl (C=O) groups is 1. The quantitative estimate of drug-likeness (QED) is 0.825. The van der Waals surface area contributed by atoms with E-state index in [1.807, 2.05) is 18.2 Å². The second-order valence-corrected chi connectivity index (χ2v) is 6.09. The van der Waals surface area contributed by atoms with Crippen LogP contribution in [0.3, 0.4) is 0 Å². The first kappa shape index (κ1) is 14.4. The van der Waals surface area contributed by atoms with Gasteiger partial charge in [-0.1, -0.05) is 6.07 Å². The Bertz CT molecular complexity index is 505. The highest BCUT2D eigenvalue weighted by Gasteiger charge is 2.29. The van der Waals surface area contributed by atoms with Crippen LogP contribution in [0.15, 0.2) is 24.3 Å². The van der Waals surface area contributed by atoms with Gasteiger partial charge in [-0.2, -0.15) is 0 Å². The van der Waals surface area contributed by atoms with Crippen LogP contribution >= 0.6 is 0 Å². The van der Waals surface area contributed by atoms with Crippen LogP contribution in [-0.4, -0.2) is 54.5 Å². The number of anilines is 2. The molecule has 1 unspecified atom stereocenters. The van der Waals surface area contributed by atoms with Crippen molar-refractivity contribution in [3.8, 4) is 0 Å². The van der Waals surface area contributed by atoms with Crippen molar-refractivity contribution in [2.24, 2.45) is 0 Å². The summed E-state index contributed by atoms with van der Waals surface area (Å²) in [5.41, 5.74) is 7.18. The highest BCUT2D eigenvalue weighted by Crippen LogP contribution is 2.21. The molecule has 3 rings (SSSR count). The Labute approximate surface area is 126 Å². The molecule has 5 heteroatoms. The van der Waals surface area contributed by atoms with Crippen molar-refractivity contribution in [2.45, 2.75) is 25.3 Å². The first-order valence-corrected chi connectivity index (χ1v) is 7.82. The topological polar surface area (TPSA) is 61.6 Å². The molecule has 0 radical (unpaired) electrons. The lowest BCUT2D eigenvalue weighted by atomic mass is 10.2. The number of fused-ring (bicyclic) bond motifs is 1. The fraction of sp³-hybridized carbons (Fsp3) is 0.562. The Balaban J connectivity index is 1.54. The van der Waals surface area contributed by atoms with E-state index in [1.165, 1.54) is 25.9 Å². The third kappa shape index (κ3) is 3.74. The van der Waals surface area contributed by atoms with Gasteiger partial charge in [0.2, 0.25) is 5.91 Å². The maximum absolute atomic E-state index is 12.2. The first-order chi connectivity index (χ1) is 10.2. The summed E-state index contributed by atoms with van der Waals surface area (Å²) in [7, 11) is 0. The molecule has 1 aromatic rings. The summed E-state index contributed by atoms with van der Waals surface area (Å²) in [6.07, 6.45) is 3.73. The summed E-state index contributed by atoms with van der Waals surface area (Å²) in [6, 6.07) is 7.98. The molecule has 114 valence electrons. The third-order valence-corrected chi connectivity index (χ3v) is 4.43. The number of benzene rings is 1. The van der Waals surface area contributed by atoms with Gasteiger partial charge in [-0.05, 0) is 57.1 Å². The summed E-state index contributed by atoms with van der Waals surface area (Å²) in [4.78, 5) is 17.1. The highest BCUT2D eigenvalue weighted by molar-refractivity contribution is 5.92. The molecule has 0 aromatic heterocycles. The van der Waals surface area contributed by atoms with Crippen LogP contribution < -0.4 is 11.1 Å². The number of hydrogen-bond acceptors (Lipinski definition) is 4. The molecule has 2 aliphatic heterocycles. The number of nitrogens with two attached hydrogens (primary N) is 1. The highest BCUT2D eigenvalue weighted by atomic mass is 16.2. The second kappa shape index (κ2) is 6.45. The van der Waals surface area contributed by atoms with Gasteiger partial charge in [-0.25, -0.2) is 0 Å². The van der Waals surface area contributed by atoms with E-state index >= 15 is 0 Å². The molecule has 0 spiro atoms. The normalized spacial score (nSPS) is 23.5. The molecule has 1 amide bonds. The van der Waals surface area contributed by atoms with Gasteiger partial charge in [-0.3, -0.25) is 14.6 Å². The molecule has 0 aliphatic carbocycles. The van der Waals surface area contributed by atoms with Crippen molar-refractivity contribution >= 4 is 17.3 Å². The number of nitrogens with zero attached hydrogens (tertiary/aromatic N) is 2. The molecule has 3 N–H and O–H groups in total. The van der Waals surface area contributed by atoms with Crippen molar-refractivity contribution in [3.05, 3.63) is 24.3 Å². The van der Waals surface area contributed by atoms with Gasteiger partial charge < -0.3 is 11.1 Å². The zero-order chi connectivity index (χ0) is 14.7. The monoisotopic (exact) mass is 288 g/mol. The van der Waals surface area contributed by atoms with Crippen LogP contribution in [0.5, 0.6) is 0 Å². The summed E-state index contributed by atoms with van der Waals surface area (Å²) < 4.78 is 0. The zero-order valence-corrected chi connectivity index (χ0v) is 12.4. The van der Waals surface area contributed by atoms with Crippen molar-refractivity contribution in [1.82, 2.24) is 9.80 Å². The van der Waals surface area contributed by atoms with Gasteiger partial charge >= 0.3 is 0 Å². The lowest BCUT2D eigenvalue weighted by Gasteiger charge is -2.25. The van der Waals surface area contributed by atoms with E-state index in [4.69, 9.17) is 5.73 Å². The number of hydrogen-bond donors (Lipinski definition) is 2. The molecule has 0 bridgehead atoms. The summed E-state index contributed by atoms with van der Waals surface area (Å²) in [5, 5.41) is 2.94. The summed E-state index contributed by atoms with van der Waals surface area (Å²) in [6.45, 7) is 4.91. The molecule has 2 saturated heterocycles. The molecule has 1 aromatic carbocycles. The molecule has 2 fully saturated rings. The molecular weight excluding hydrogens is 264 g/mol. The second-order valence-electron chi connectivity index (χ2n) is 6.09. The Hall–Kier alpha value is -1.59. The lowest BCUT2D eigenvalue weighted by Crippen LogP contribution is -2.40. The van der Waals surface area contributed by atoms with Gasteiger partial charge in [0.15, 0.2) is 0 Å². The Morgan fingerprint density at radius 2 is 2.14 bits per heavy atom. The molecule has 5 nitrogen and oxygen atoms in total. The maximum atomic E-state index is 12.2. The lowest BCUT2D eigenvalue weighted by molar-refractivity contribution is -0.117. The smallest absolute Gasteiger partial charge is 0.238 e. The minimum absolute atomic E-state index is 0.0482. The van der Waals surface area contributed by atoms with Gasteiger partial charge in [0.25, 0.3) is 0 Å². The maximum Gasteiger partial charge on any atom is 0.238 e. The predicted molar refractivity (Wildman–Crippen MR) is 85.1 cm³/mol. The fourth-order valence-corrected chi connectivity index (χ4v) is 3.45. The average molecular weight is 288 g/mol. The molecule has 1 atom stereocenters. The van der Waals surface area contributed by atoms with E-state index in [0.717, 1.165) is 25.2 Å². The van der Waals surface area contributed by atoms with Gasteiger partial charge in [0.1, 0.15) is 0 Å². The van der Waals surface area contributed by atoms with E-state index in [-0.39, 0.29) is 5.91 Å². The van der Waals surface area contributed by atoms with Gasteiger partial charge in [0.05, 0.1) is 6.54 Å². The third-order valence-electron chi connectivity index (χ3n) is 4.43. The molecule has 0 saturated carbocycles.